The fraction of sp³-hybridized carbons (Fsp3) is 0.923. The number of unbranched alkanes of at least 4 members (excludes halogenated alkanes) is 3. The fourth-order valence-corrected chi connectivity index (χ4v) is 2.25. The standard InChI is InChI=1S/C13H25BrO2/c1-4-7-8-9-10-16-13(15)11(5-2)12(14)6-3/h11-12H,4-10H2,1-3H3. The highest BCUT2D eigenvalue weighted by Crippen LogP contribution is 2.21. The van der Waals surface area contributed by atoms with E-state index in [0.29, 0.717) is 6.61 Å². The van der Waals surface area contributed by atoms with Gasteiger partial charge >= 0.3 is 5.97 Å². The predicted molar refractivity (Wildman–Crippen MR) is 71.9 cm³/mol. The van der Waals surface area contributed by atoms with Crippen LogP contribution < -0.4 is 0 Å². The van der Waals surface area contributed by atoms with Crippen molar-refractivity contribution in [3.05, 3.63) is 0 Å². The highest BCUT2D eigenvalue weighted by atomic mass is 79.9. The molecule has 0 bridgehead atoms. The van der Waals surface area contributed by atoms with Gasteiger partial charge in [0.2, 0.25) is 0 Å². The fourth-order valence-electron chi connectivity index (χ4n) is 1.66. The van der Waals surface area contributed by atoms with Crippen molar-refractivity contribution in [2.24, 2.45) is 5.92 Å². The molecule has 0 amide bonds. The van der Waals surface area contributed by atoms with Crippen molar-refractivity contribution in [1.29, 1.82) is 0 Å². The van der Waals surface area contributed by atoms with Gasteiger partial charge in [0.25, 0.3) is 0 Å². The second kappa shape index (κ2) is 10.1. The van der Waals surface area contributed by atoms with Crippen molar-refractivity contribution in [3.63, 3.8) is 0 Å². The molecule has 0 aliphatic carbocycles. The molecule has 0 rings (SSSR count). The van der Waals surface area contributed by atoms with Crippen molar-refractivity contribution in [1.82, 2.24) is 0 Å². The summed E-state index contributed by atoms with van der Waals surface area (Å²) >= 11 is 3.54. The molecule has 3 heteroatoms. The van der Waals surface area contributed by atoms with Crippen LogP contribution in [0.2, 0.25) is 0 Å². The van der Waals surface area contributed by atoms with Crippen LogP contribution in [0.3, 0.4) is 0 Å². The highest BCUT2D eigenvalue weighted by Gasteiger charge is 2.24. The van der Waals surface area contributed by atoms with Gasteiger partial charge < -0.3 is 4.74 Å². The van der Waals surface area contributed by atoms with Crippen LogP contribution in [-0.2, 0) is 9.53 Å². The maximum absolute atomic E-state index is 11.8. The van der Waals surface area contributed by atoms with Crippen molar-refractivity contribution in [2.45, 2.75) is 64.1 Å². The van der Waals surface area contributed by atoms with E-state index < -0.39 is 0 Å². The Morgan fingerprint density at radius 3 is 2.31 bits per heavy atom. The number of carbonyl (C=O) groups is 1. The van der Waals surface area contributed by atoms with Crippen molar-refractivity contribution >= 4 is 21.9 Å². The number of hydrogen-bond acceptors (Lipinski definition) is 2. The predicted octanol–water partition coefficient (Wildman–Crippen LogP) is 4.31. The van der Waals surface area contributed by atoms with E-state index in [2.05, 4.69) is 29.8 Å². The Morgan fingerprint density at radius 2 is 1.81 bits per heavy atom. The third-order valence-electron chi connectivity index (χ3n) is 2.81. The molecule has 2 atom stereocenters. The molecule has 0 aliphatic heterocycles. The van der Waals surface area contributed by atoms with Gasteiger partial charge in [0.05, 0.1) is 12.5 Å². The van der Waals surface area contributed by atoms with E-state index in [1.807, 2.05) is 6.92 Å². The quantitative estimate of drug-likeness (QED) is 0.360. The van der Waals surface area contributed by atoms with E-state index in [1.165, 1.54) is 12.8 Å². The number of esters is 1. The summed E-state index contributed by atoms with van der Waals surface area (Å²) in [7, 11) is 0. The topological polar surface area (TPSA) is 26.3 Å². The highest BCUT2D eigenvalue weighted by molar-refractivity contribution is 9.09. The van der Waals surface area contributed by atoms with Gasteiger partial charge in [-0.25, -0.2) is 0 Å². The smallest absolute Gasteiger partial charge is 0.310 e. The normalized spacial score (nSPS) is 14.5. The van der Waals surface area contributed by atoms with Gasteiger partial charge in [-0.05, 0) is 19.3 Å². The van der Waals surface area contributed by atoms with E-state index in [4.69, 9.17) is 4.74 Å². The molecule has 0 aromatic carbocycles. The first-order valence-electron chi connectivity index (χ1n) is 6.47. The van der Waals surface area contributed by atoms with Crippen LogP contribution in [0, 0.1) is 5.92 Å². The van der Waals surface area contributed by atoms with Crippen LogP contribution in [-0.4, -0.2) is 17.4 Å². The molecule has 0 aromatic rings. The van der Waals surface area contributed by atoms with Crippen LogP contribution in [0.1, 0.15) is 59.3 Å². The molecule has 0 saturated heterocycles. The van der Waals surface area contributed by atoms with Gasteiger partial charge in [0, 0.05) is 4.83 Å². The summed E-state index contributed by atoms with van der Waals surface area (Å²) in [6.07, 6.45) is 6.40. The Hall–Kier alpha value is -0.0500. The average Bonchev–Trinajstić information content (AvgIpc) is 2.29. The Balaban J connectivity index is 3.76. The molecule has 0 aromatic heterocycles. The lowest BCUT2D eigenvalue weighted by Crippen LogP contribution is -2.25. The van der Waals surface area contributed by atoms with Gasteiger partial charge in [-0.15, -0.1) is 0 Å². The lowest BCUT2D eigenvalue weighted by molar-refractivity contribution is -0.148. The van der Waals surface area contributed by atoms with Gasteiger partial charge in [-0.1, -0.05) is 56.0 Å². The zero-order valence-electron chi connectivity index (χ0n) is 10.8. The Bertz CT molecular complexity index is 183. The molecule has 0 N–H and O–H groups in total. The Labute approximate surface area is 108 Å². The first kappa shape index (κ1) is 16.0. The van der Waals surface area contributed by atoms with Crippen LogP contribution in [0.4, 0.5) is 0 Å². The van der Waals surface area contributed by atoms with E-state index in [9.17, 15) is 4.79 Å². The molecule has 0 fully saturated rings. The largest absolute Gasteiger partial charge is 0.465 e. The van der Waals surface area contributed by atoms with Crippen molar-refractivity contribution in [3.8, 4) is 0 Å². The Morgan fingerprint density at radius 1 is 1.12 bits per heavy atom. The van der Waals surface area contributed by atoms with E-state index in [-0.39, 0.29) is 16.7 Å². The molecule has 0 spiro atoms. The van der Waals surface area contributed by atoms with Crippen LogP contribution >= 0.6 is 15.9 Å². The summed E-state index contributed by atoms with van der Waals surface area (Å²) in [6, 6.07) is 0. The lowest BCUT2D eigenvalue weighted by atomic mass is 10.0. The SMILES string of the molecule is CCCCCCOC(=O)C(CC)C(Br)CC. The second-order valence-corrected chi connectivity index (χ2v) is 5.34. The molecule has 0 saturated carbocycles. The van der Waals surface area contributed by atoms with Gasteiger partial charge in [-0.2, -0.15) is 0 Å². The molecule has 2 nitrogen and oxygen atoms in total. The summed E-state index contributed by atoms with van der Waals surface area (Å²) in [4.78, 5) is 12.0. The van der Waals surface area contributed by atoms with Crippen molar-refractivity contribution < 1.29 is 9.53 Å². The molecule has 0 heterocycles. The maximum Gasteiger partial charge on any atom is 0.310 e. The maximum atomic E-state index is 11.8. The molecule has 0 aliphatic rings. The summed E-state index contributed by atoms with van der Waals surface area (Å²) in [5.74, 6) is -0.0288. The lowest BCUT2D eigenvalue weighted by Gasteiger charge is -2.18. The number of carbonyl (C=O) groups excluding carboxylic acids is 1. The van der Waals surface area contributed by atoms with Gasteiger partial charge in [0.1, 0.15) is 0 Å². The molecule has 96 valence electrons. The number of rotatable bonds is 9. The number of halogens is 1. The number of hydrogen-bond donors (Lipinski definition) is 0. The molecule has 16 heavy (non-hydrogen) atoms. The van der Waals surface area contributed by atoms with E-state index in [1.54, 1.807) is 0 Å². The Kier molecular flexibility index (Phi) is 10.1. The molecular formula is C13H25BrO2. The minimum absolute atomic E-state index is 0.0103. The molecule has 2 unspecified atom stereocenters. The molecule has 0 radical (unpaired) electrons. The van der Waals surface area contributed by atoms with Gasteiger partial charge in [0.15, 0.2) is 0 Å². The second-order valence-electron chi connectivity index (χ2n) is 4.17. The summed E-state index contributed by atoms with van der Waals surface area (Å²) in [5.41, 5.74) is 0. The van der Waals surface area contributed by atoms with Crippen LogP contribution in [0.15, 0.2) is 0 Å². The van der Waals surface area contributed by atoms with Crippen LogP contribution in [0.25, 0.3) is 0 Å². The molecular weight excluding hydrogens is 268 g/mol. The van der Waals surface area contributed by atoms with E-state index in [0.717, 1.165) is 25.7 Å². The zero-order valence-corrected chi connectivity index (χ0v) is 12.4. The average molecular weight is 293 g/mol. The first-order chi connectivity index (χ1) is 7.67. The first-order valence-corrected chi connectivity index (χ1v) is 7.39. The summed E-state index contributed by atoms with van der Waals surface area (Å²) < 4.78 is 5.30. The minimum atomic E-state index is -0.0391. The minimum Gasteiger partial charge on any atom is -0.465 e. The van der Waals surface area contributed by atoms with Gasteiger partial charge in [-0.3, -0.25) is 4.79 Å². The zero-order chi connectivity index (χ0) is 12.4. The third kappa shape index (κ3) is 6.51. The van der Waals surface area contributed by atoms with Crippen molar-refractivity contribution in [2.75, 3.05) is 6.61 Å². The number of ether oxygens (including phenoxy) is 1. The monoisotopic (exact) mass is 292 g/mol. The van der Waals surface area contributed by atoms with E-state index >= 15 is 0 Å². The summed E-state index contributed by atoms with van der Waals surface area (Å²) in [5, 5.41) is 0. The summed E-state index contributed by atoms with van der Waals surface area (Å²) in [6.45, 7) is 6.87. The number of alkyl halides is 1. The third-order valence-corrected chi connectivity index (χ3v) is 4.10. The van der Waals surface area contributed by atoms with Crippen LogP contribution in [0.5, 0.6) is 0 Å².